The van der Waals surface area contributed by atoms with E-state index in [0.717, 1.165) is 12.1 Å². The summed E-state index contributed by atoms with van der Waals surface area (Å²) in [5.74, 6) is -2.74. The zero-order chi connectivity index (χ0) is 12.1. The molecule has 0 saturated carbocycles. The van der Waals surface area contributed by atoms with Crippen LogP contribution in [-0.2, 0) is 11.2 Å². The van der Waals surface area contributed by atoms with Gasteiger partial charge < -0.3 is 10.4 Å². The molecule has 16 heavy (non-hydrogen) atoms. The van der Waals surface area contributed by atoms with Gasteiger partial charge in [0, 0.05) is 6.04 Å². The van der Waals surface area contributed by atoms with Crippen molar-refractivity contribution in [1.82, 2.24) is 5.32 Å². The van der Waals surface area contributed by atoms with Crippen molar-refractivity contribution >= 4 is 5.97 Å². The van der Waals surface area contributed by atoms with E-state index in [2.05, 4.69) is 5.32 Å². The Morgan fingerprint density at radius 1 is 1.44 bits per heavy atom. The largest absolute Gasteiger partial charge is 0.481 e. The van der Waals surface area contributed by atoms with Gasteiger partial charge in [-0.2, -0.15) is 0 Å². The summed E-state index contributed by atoms with van der Waals surface area (Å²) in [6.45, 7) is 0. The fraction of sp³-hybridized carbons (Fsp3) is 0.364. The van der Waals surface area contributed by atoms with E-state index in [9.17, 15) is 13.6 Å². The SMILES string of the molecule is CNC(CC(=O)O)Cc1ccc(F)c(F)c1. The zero-order valence-corrected chi connectivity index (χ0v) is 8.84. The van der Waals surface area contributed by atoms with Gasteiger partial charge in [0.05, 0.1) is 6.42 Å². The molecule has 0 radical (unpaired) electrons. The first kappa shape index (κ1) is 12.6. The van der Waals surface area contributed by atoms with Crippen molar-refractivity contribution in [3.8, 4) is 0 Å². The van der Waals surface area contributed by atoms with E-state index in [1.54, 1.807) is 7.05 Å². The first-order chi connectivity index (χ1) is 7.52. The molecule has 0 saturated heterocycles. The van der Waals surface area contributed by atoms with Crippen molar-refractivity contribution < 1.29 is 18.7 Å². The predicted molar refractivity (Wildman–Crippen MR) is 55.2 cm³/mol. The fourth-order valence-electron chi connectivity index (χ4n) is 1.44. The first-order valence-electron chi connectivity index (χ1n) is 4.86. The predicted octanol–water partition coefficient (Wildman–Crippen LogP) is 1.57. The highest BCUT2D eigenvalue weighted by Gasteiger charge is 2.12. The number of halogens is 2. The fourth-order valence-corrected chi connectivity index (χ4v) is 1.44. The molecular formula is C11H13F2NO2. The van der Waals surface area contributed by atoms with Gasteiger partial charge in [0.2, 0.25) is 0 Å². The Hall–Kier alpha value is -1.49. The molecule has 88 valence electrons. The molecule has 3 nitrogen and oxygen atoms in total. The number of hydrogen-bond acceptors (Lipinski definition) is 2. The lowest BCUT2D eigenvalue weighted by atomic mass is 10.0. The Kier molecular flexibility index (Phi) is 4.37. The molecule has 2 N–H and O–H groups in total. The van der Waals surface area contributed by atoms with E-state index >= 15 is 0 Å². The number of benzene rings is 1. The third-order valence-electron chi connectivity index (χ3n) is 2.30. The molecule has 1 aromatic carbocycles. The Morgan fingerprint density at radius 2 is 2.12 bits per heavy atom. The number of carboxylic acids is 1. The number of likely N-dealkylation sites (N-methyl/N-ethyl adjacent to an activating group) is 1. The molecule has 0 aliphatic heterocycles. The smallest absolute Gasteiger partial charge is 0.304 e. The summed E-state index contributed by atoms with van der Waals surface area (Å²) in [5.41, 5.74) is 0.569. The average molecular weight is 229 g/mol. The van der Waals surface area contributed by atoms with Gasteiger partial charge in [0.25, 0.3) is 0 Å². The lowest BCUT2D eigenvalue weighted by molar-refractivity contribution is -0.137. The summed E-state index contributed by atoms with van der Waals surface area (Å²) in [6, 6.07) is 3.28. The average Bonchev–Trinajstić information content (AvgIpc) is 2.22. The third kappa shape index (κ3) is 3.58. The molecular weight excluding hydrogens is 216 g/mol. The number of rotatable bonds is 5. The molecule has 0 fully saturated rings. The van der Waals surface area contributed by atoms with Crippen LogP contribution in [0, 0.1) is 11.6 Å². The molecule has 0 aliphatic rings. The lowest BCUT2D eigenvalue weighted by Crippen LogP contribution is -2.30. The highest BCUT2D eigenvalue weighted by atomic mass is 19.2. The Balaban J connectivity index is 2.70. The van der Waals surface area contributed by atoms with Crippen molar-refractivity contribution in [1.29, 1.82) is 0 Å². The van der Waals surface area contributed by atoms with Crippen LogP contribution in [-0.4, -0.2) is 24.2 Å². The maximum atomic E-state index is 12.9. The van der Waals surface area contributed by atoms with Gasteiger partial charge in [-0.25, -0.2) is 8.78 Å². The highest BCUT2D eigenvalue weighted by molar-refractivity contribution is 5.67. The van der Waals surface area contributed by atoms with Gasteiger partial charge >= 0.3 is 5.97 Å². The van der Waals surface area contributed by atoms with Gasteiger partial charge in [-0.3, -0.25) is 4.79 Å². The summed E-state index contributed by atoms with van der Waals surface area (Å²) in [5, 5.41) is 11.4. The number of carbonyl (C=O) groups is 1. The molecule has 0 aliphatic carbocycles. The van der Waals surface area contributed by atoms with E-state index < -0.39 is 17.6 Å². The second-order valence-electron chi connectivity index (χ2n) is 3.54. The molecule has 5 heteroatoms. The monoisotopic (exact) mass is 229 g/mol. The van der Waals surface area contributed by atoms with E-state index in [1.165, 1.54) is 6.07 Å². The first-order valence-corrected chi connectivity index (χ1v) is 4.86. The molecule has 1 rings (SSSR count). The van der Waals surface area contributed by atoms with Crippen LogP contribution in [0.1, 0.15) is 12.0 Å². The minimum absolute atomic E-state index is 0.0600. The van der Waals surface area contributed by atoms with Gasteiger partial charge in [0.1, 0.15) is 0 Å². The van der Waals surface area contributed by atoms with E-state index in [1.807, 2.05) is 0 Å². The van der Waals surface area contributed by atoms with Crippen LogP contribution in [0.5, 0.6) is 0 Å². The second kappa shape index (κ2) is 5.55. The maximum Gasteiger partial charge on any atom is 0.304 e. The summed E-state index contributed by atoms with van der Waals surface area (Å²) in [4.78, 5) is 10.5. The number of aliphatic carboxylic acids is 1. The quantitative estimate of drug-likeness (QED) is 0.805. The van der Waals surface area contributed by atoms with Crippen LogP contribution < -0.4 is 5.32 Å². The number of hydrogen-bond donors (Lipinski definition) is 2. The van der Waals surface area contributed by atoms with Gasteiger partial charge in [0.15, 0.2) is 11.6 Å². The molecule has 0 heterocycles. The standard InChI is InChI=1S/C11H13F2NO2/c1-14-8(6-11(15)16)4-7-2-3-9(12)10(13)5-7/h2-3,5,8,14H,4,6H2,1H3,(H,15,16). The molecule has 1 unspecified atom stereocenters. The Bertz CT molecular complexity index is 382. The minimum atomic E-state index is -0.929. The van der Waals surface area contributed by atoms with Gasteiger partial charge in [-0.15, -0.1) is 0 Å². The lowest BCUT2D eigenvalue weighted by Gasteiger charge is -2.13. The van der Waals surface area contributed by atoms with Gasteiger partial charge in [-0.05, 0) is 31.2 Å². The molecule has 0 bridgehead atoms. The van der Waals surface area contributed by atoms with Crippen molar-refractivity contribution in [2.75, 3.05) is 7.05 Å². The topological polar surface area (TPSA) is 49.3 Å². The molecule has 1 atom stereocenters. The Labute approximate surface area is 92.1 Å². The van der Waals surface area contributed by atoms with E-state index in [0.29, 0.717) is 12.0 Å². The Morgan fingerprint density at radius 3 is 2.62 bits per heavy atom. The summed E-state index contributed by atoms with van der Waals surface area (Å²) < 4.78 is 25.5. The van der Waals surface area contributed by atoms with Crippen LogP contribution in [0.4, 0.5) is 8.78 Å². The minimum Gasteiger partial charge on any atom is -0.481 e. The summed E-state index contributed by atoms with van der Waals surface area (Å²) in [6.07, 6.45) is 0.287. The normalized spacial score (nSPS) is 12.4. The zero-order valence-electron chi connectivity index (χ0n) is 8.84. The van der Waals surface area contributed by atoms with Crippen molar-refractivity contribution in [2.45, 2.75) is 18.9 Å². The number of nitrogens with one attached hydrogen (secondary N) is 1. The van der Waals surface area contributed by atoms with Crippen LogP contribution in [0.3, 0.4) is 0 Å². The molecule has 0 spiro atoms. The van der Waals surface area contributed by atoms with E-state index in [4.69, 9.17) is 5.11 Å². The van der Waals surface area contributed by atoms with E-state index in [-0.39, 0.29) is 12.5 Å². The highest BCUT2D eigenvalue weighted by Crippen LogP contribution is 2.11. The molecule has 0 aromatic heterocycles. The molecule has 1 aromatic rings. The van der Waals surface area contributed by atoms with Crippen LogP contribution in [0.2, 0.25) is 0 Å². The summed E-state index contributed by atoms with van der Waals surface area (Å²) in [7, 11) is 1.63. The van der Waals surface area contributed by atoms with Crippen LogP contribution >= 0.6 is 0 Å². The van der Waals surface area contributed by atoms with Crippen LogP contribution in [0.15, 0.2) is 18.2 Å². The second-order valence-corrected chi connectivity index (χ2v) is 3.54. The molecule has 0 amide bonds. The number of carboxylic acid groups (broad SMARTS) is 1. The van der Waals surface area contributed by atoms with Crippen molar-refractivity contribution in [3.63, 3.8) is 0 Å². The third-order valence-corrected chi connectivity index (χ3v) is 2.30. The summed E-state index contributed by atoms with van der Waals surface area (Å²) >= 11 is 0. The van der Waals surface area contributed by atoms with Crippen molar-refractivity contribution in [2.24, 2.45) is 0 Å². The van der Waals surface area contributed by atoms with Crippen LogP contribution in [0.25, 0.3) is 0 Å². The van der Waals surface area contributed by atoms with Gasteiger partial charge in [-0.1, -0.05) is 6.07 Å². The maximum absolute atomic E-state index is 12.9. The van der Waals surface area contributed by atoms with Crippen molar-refractivity contribution in [3.05, 3.63) is 35.4 Å².